The normalized spacial score (nSPS) is 18.9. The molecule has 2 N–H and O–H groups in total. The second-order valence-electron chi connectivity index (χ2n) is 6.72. The van der Waals surface area contributed by atoms with Crippen LogP contribution in [0.4, 0.5) is 22.8 Å². The highest BCUT2D eigenvalue weighted by Gasteiger charge is 2.35. The Morgan fingerprint density at radius 1 is 1.10 bits per heavy atom. The fourth-order valence-electron chi connectivity index (χ4n) is 3.38. The monoisotopic (exact) mass is 408 g/mol. The zero-order chi connectivity index (χ0) is 21.0. The van der Waals surface area contributed by atoms with Gasteiger partial charge in [0.25, 0.3) is 0 Å². The van der Waals surface area contributed by atoms with Crippen molar-refractivity contribution < 1.29 is 32.6 Å². The second-order valence-corrected chi connectivity index (χ2v) is 6.72. The summed E-state index contributed by atoms with van der Waals surface area (Å²) in [5, 5.41) is 11.8. The number of piperidine rings is 1. The van der Waals surface area contributed by atoms with Gasteiger partial charge in [0.2, 0.25) is 0 Å². The van der Waals surface area contributed by atoms with Crippen molar-refractivity contribution in [2.45, 2.75) is 25.0 Å². The van der Waals surface area contributed by atoms with E-state index < -0.39 is 41.6 Å². The zero-order valence-corrected chi connectivity index (χ0v) is 15.3. The van der Waals surface area contributed by atoms with Crippen molar-refractivity contribution in [1.29, 1.82) is 0 Å². The van der Waals surface area contributed by atoms with Gasteiger partial charge in [-0.1, -0.05) is 30.3 Å². The molecule has 0 bridgehead atoms. The summed E-state index contributed by atoms with van der Waals surface area (Å²) in [4.78, 5) is 24.6. The molecule has 0 aliphatic carbocycles. The van der Waals surface area contributed by atoms with E-state index in [0.29, 0.717) is 6.07 Å². The third-order valence-electron chi connectivity index (χ3n) is 4.84. The van der Waals surface area contributed by atoms with E-state index in [1.807, 2.05) is 6.07 Å². The average molecular weight is 408 g/mol. The van der Waals surface area contributed by atoms with Gasteiger partial charge in [-0.3, -0.25) is 0 Å². The van der Waals surface area contributed by atoms with Gasteiger partial charge in [0.1, 0.15) is 12.4 Å². The van der Waals surface area contributed by atoms with E-state index >= 15 is 0 Å². The molecule has 6 nitrogen and oxygen atoms in total. The van der Waals surface area contributed by atoms with E-state index in [1.165, 1.54) is 0 Å². The number of carboxylic acid groups (broad SMARTS) is 1. The molecule has 2 atom stereocenters. The molecule has 1 fully saturated rings. The van der Waals surface area contributed by atoms with Crippen LogP contribution in [-0.2, 0) is 11.3 Å². The number of hydrogen-bond donors (Lipinski definition) is 2. The summed E-state index contributed by atoms with van der Waals surface area (Å²) >= 11 is 0. The Kier molecular flexibility index (Phi) is 6.26. The molecule has 3 rings (SSSR count). The van der Waals surface area contributed by atoms with Crippen LogP contribution in [0.2, 0.25) is 0 Å². The number of halogens is 3. The maximum absolute atomic E-state index is 14.3. The predicted octanol–water partition coefficient (Wildman–Crippen LogP) is 3.87. The standard InChI is InChI=1S/C20H19F3N2O4/c21-15-9-17(23)16(22)8-14(15)13-6-7-25(20(27)28)10-18(13)24-19(26)29-11-12-4-2-1-3-5-12/h1-5,8-9,13,18H,6-7,10-11H2,(H,24,26)(H,27,28)/t13-,18+/m1/s1. The Morgan fingerprint density at radius 3 is 2.48 bits per heavy atom. The topological polar surface area (TPSA) is 78.9 Å². The third kappa shape index (κ3) is 4.98. The van der Waals surface area contributed by atoms with Crippen LogP contribution >= 0.6 is 0 Å². The molecule has 1 aliphatic heterocycles. The first-order valence-electron chi connectivity index (χ1n) is 8.94. The number of amides is 2. The number of likely N-dealkylation sites (tertiary alicyclic amines) is 1. The molecular formula is C20H19F3N2O4. The molecule has 0 unspecified atom stereocenters. The lowest BCUT2D eigenvalue weighted by molar-refractivity contribution is 0.106. The largest absolute Gasteiger partial charge is 0.465 e. The molecule has 2 aromatic rings. The molecule has 0 spiro atoms. The molecule has 9 heteroatoms. The van der Waals surface area contributed by atoms with Crippen molar-refractivity contribution in [1.82, 2.24) is 10.2 Å². The highest BCUT2D eigenvalue weighted by Crippen LogP contribution is 2.31. The minimum absolute atomic E-state index is 0.00770. The minimum atomic E-state index is -1.32. The molecule has 2 aromatic carbocycles. The van der Waals surface area contributed by atoms with Crippen molar-refractivity contribution >= 4 is 12.2 Å². The molecule has 154 valence electrons. The van der Waals surface area contributed by atoms with Gasteiger partial charge >= 0.3 is 12.2 Å². The minimum Gasteiger partial charge on any atom is -0.465 e. The first-order valence-corrected chi connectivity index (χ1v) is 8.94. The number of nitrogens with one attached hydrogen (secondary N) is 1. The van der Waals surface area contributed by atoms with Gasteiger partial charge in [0.15, 0.2) is 11.6 Å². The number of ether oxygens (including phenoxy) is 1. The molecule has 0 aromatic heterocycles. The van der Waals surface area contributed by atoms with Gasteiger partial charge in [-0.05, 0) is 23.6 Å². The lowest BCUT2D eigenvalue weighted by Crippen LogP contribution is -2.53. The summed E-state index contributed by atoms with van der Waals surface area (Å²) in [6.45, 7) is -0.0825. The van der Waals surface area contributed by atoms with E-state index in [2.05, 4.69) is 5.32 Å². The van der Waals surface area contributed by atoms with Crippen LogP contribution in [0.5, 0.6) is 0 Å². The van der Waals surface area contributed by atoms with Gasteiger partial charge in [-0.25, -0.2) is 22.8 Å². The van der Waals surface area contributed by atoms with E-state index in [4.69, 9.17) is 4.74 Å². The summed E-state index contributed by atoms with van der Waals surface area (Å²) in [6, 6.07) is 9.22. The Bertz CT molecular complexity index is 895. The lowest BCUT2D eigenvalue weighted by atomic mass is 9.85. The molecule has 2 amide bonds. The van der Waals surface area contributed by atoms with Gasteiger partial charge in [-0.15, -0.1) is 0 Å². The van der Waals surface area contributed by atoms with Crippen LogP contribution in [0.25, 0.3) is 0 Å². The van der Waals surface area contributed by atoms with Crippen LogP contribution in [0.3, 0.4) is 0 Å². The molecule has 1 heterocycles. The van der Waals surface area contributed by atoms with Crippen LogP contribution in [0.15, 0.2) is 42.5 Å². The van der Waals surface area contributed by atoms with E-state index in [9.17, 15) is 27.9 Å². The Labute approximate surface area is 164 Å². The van der Waals surface area contributed by atoms with Crippen LogP contribution < -0.4 is 5.32 Å². The zero-order valence-electron chi connectivity index (χ0n) is 15.3. The predicted molar refractivity (Wildman–Crippen MR) is 96.8 cm³/mol. The summed E-state index contributed by atoms with van der Waals surface area (Å²) in [6.07, 6.45) is -1.89. The van der Waals surface area contributed by atoms with Gasteiger partial charge in [0, 0.05) is 25.1 Å². The molecule has 1 saturated heterocycles. The quantitative estimate of drug-likeness (QED) is 0.753. The first-order chi connectivity index (χ1) is 13.8. The number of benzene rings is 2. The van der Waals surface area contributed by atoms with E-state index in [1.54, 1.807) is 24.3 Å². The maximum atomic E-state index is 14.3. The van der Waals surface area contributed by atoms with E-state index in [-0.39, 0.29) is 31.7 Å². The second kappa shape index (κ2) is 8.85. The average Bonchev–Trinajstić information content (AvgIpc) is 2.70. The molecular weight excluding hydrogens is 389 g/mol. The van der Waals surface area contributed by atoms with Crippen LogP contribution in [0, 0.1) is 17.5 Å². The highest BCUT2D eigenvalue weighted by molar-refractivity contribution is 5.69. The van der Waals surface area contributed by atoms with Gasteiger partial charge in [-0.2, -0.15) is 0 Å². The van der Waals surface area contributed by atoms with Crippen molar-refractivity contribution in [3.8, 4) is 0 Å². The number of carbonyl (C=O) groups is 2. The lowest BCUT2D eigenvalue weighted by Gasteiger charge is -2.37. The van der Waals surface area contributed by atoms with Crippen molar-refractivity contribution in [2.24, 2.45) is 0 Å². The number of hydrogen-bond acceptors (Lipinski definition) is 3. The third-order valence-corrected chi connectivity index (χ3v) is 4.84. The Balaban J connectivity index is 1.76. The van der Waals surface area contributed by atoms with Gasteiger partial charge in [0.05, 0.1) is 6.04 Å². The fourth-order valence-corrected chi connectivity index (χ4v) is 3.38. The number of nitrogens with zero attached hydrogens (tertiary/aromatic N) is 1. The van der Waals surface area contributed by atoms with Crippen molar-refractivity contribution in [3.05, 3.63) is 71.0 Å². The first kappa shape index (κ1) is 20.5. The molecule has 0 saturated carbocycles. The highest BCUT2D eigenvalue weighted by atomic mass is 19.2. The SMILES string of the molecule is O=C(N[C@H]1CN(C(=O)O)CC[C@@H]1c1cc(F)c(F)cc1F)OCc1ccccc1. The number of alkyl carbamates (subject to hydrolysis) is 1. The molecule has 0 radical (unpaired) electrons. The fraction of sp³-hybridized carbons (Fsp3) is 0.300. The smallest absolute Gasteiger partial charge is 0.407 e. The van der Waals surface area contributed by atoms with Crippen molar-refractivity contribution in [3.63, 3.8) is 0 Å². The molecule has 29 heavy (non-hydrogen) atoms. The van der Waals surface area contributed by atoms with Gasteiger partial charge < -0.3 is 20.1 Å². The summed E-state index contributed by atoms with van der Waals surface area (Å²) < 4.78 is 46.3. The number of carbonyl (C=O) groups excluding carboxylic acids is 1. The molecule has 1 aliphatic rings. The summed E-state index contributed by atoms with van der Waals surface area (Å²) in [5.74, 6) is -4.24. The Morgan fingerprint density at radius 2 is 1.79 bits per heavy atom. The number of rotatable bonds is 4. The van der Waals surface area contributed by atoms with E-state index in [0.717, 1.165) is 16.5 Å². The van der Waals surface area contributed by atoms with Crippen LogP contribution in [0.1, 0.15) is 23.5 Å². The van der Waals surface area contributed by atoms with Crippen LogP contribution in [-0.4, -0.2) is 41.3 Å². The maximum Gasteiger partial charge on any atom is 0.407 e. The Hall–Kier alpha value is -3.23. The summed E-state index contributed by atoms with van der Waals surface area (Å²) in [5.41, 5.74) is 0.629. The van der Waals surface area contributed by atoms with Crippen molar-refractivity contribution in [2.75, 3.05) is 13.1 Å². The summed E-state index contributed by atoms with van der Waals surface area (Å²) in [7, 11) is 0.